The summed E-state index contributed by atoms with van der Waals surface area (Å²) in [5, 5.41) is 0. The molecule has 3 rings (SSSR count). The Bertz CT molecular complexity index is 613. The molecule has 0 amide bonds. The average molecular weight is 326 g/mol. The second-order valence-corrected chi connectivity index (χ2v) is 6.23. The molecule has 0 spiro atoms. The Morgan fingerprint density at radius 2 is 1.74 bits per heavy atom. The number of rotatable bonds is 3. The number of fused-ring (bicyclic) bond motifs is 1. The van der Waals surface area contributed by atoms with Crippen molar-refractivity contribution in [3.8, 4) is 0 Å². The van der Waals surface area contributed by atoms with Crippen LogP contribution in [0.1, 0.15) is 54.9 Å². The van der Waals surface area contributed by atoms with Crippen LogP contribution in [-0.4, -0.2) is 14.2 Å². The van der Waals surface area contributed by atoms with E-state index < -0.39 is 17.8 Å². The van der Waals surface area contributed by atoms with Gasteiger partial charge in [0.15, 0.2) is 0 Å². The first kappa shape index (κ1) is 16.4. The van der Waals surface area contributed by atoms with Crippen molar-refractivity contribution in [2.45, 2.75) is 44.4 Å². The molecule has 1 unspecified atom stereocenters. The Kier molecular flexibility index (Phi) is 4.41. The van der Waals surface area contributed by atoms with E-state index in [1.54, 1.807) is 13.2 Å². The molecule has 1 aromatic rings. The molecule has 1 aromatic carbocycles. The van der Waals surface area contributed by atoms with Crippen molar-refractivity contribution in [3.63, 3.8) is 0 Å². The van der Waals surface area contributed by atoms with Gasteiger partial charge in [-0.3, -0.25) is 0 Å². The van der Waals surface area contributed by atoms with Crippen LogP contribution in [0.25, 0.3) is 5.57 Å². The van der Waals surface area contributed by atoms with E-state index >= 15 is 0 Å². The number of benzene rings is 1. The monoisotopic (exact) mass is 326 g/mol. The second-order valence-electron chi connectivity index (χ2n) is 6.23. The minimum Gasteiger partial charge on any atom is -0.498 e. The molecule has 23 heavy (non-hydrogen) atoms. The van der Waals surface area contributed by atoms with Gasteiger partial charge < -0.3 is 9.47 Å². The van der Waals surface area contributed by atoms with Crippen molar-refractivity contribution >= 4 is 5.57 Å². The lowest BCUT2D eigenvalue weighted by Gasteiger charge is -2.24. The van der Waals surface area contributed by atoms with Crippen LogP contribution in [0.2, 0.25) is 0 Å². The van der Waals surface area contributed by atoms with Crippen molar-refractivity contribution in [1.82, 2.24) is 0 Å². The van der Waals surface area contributed by atoms with Crippen LogP contribution >= 0.6 is 0 Å². The normalized spacial score (nSPS) is 22.4. The highest BCUT2D eigenvalue weighted by molar-refractivity contribution is 5.78. The van der Waals surface area contributed by atoms with Gasteiger partial charge >= 0.3 is 6.18 Å². The quantitative estimate of drug-likeness (QED) is 0.746. The third kappa shape index (κ3) is 2.87. The molecule has 1 fully saturated rings. The Labute approximate surface area is 134 Å². The fraction of sp³-hybridized carbons (Fsp3) is 0.556. The fourth-order valence-corrected chi connectivity index (χ4v) is 3.88. The topological polar surface area (TPSA) is 18.5 Å². The van der Waals surface area contributed by atoms with E-state index in [4.69, 9.17) is 9.47 Å². The summed E-state index contributed by atoms with van der Waals surface area (Å²) in [6, 6.07) is 3.95. The van der Waals surface area contributed by atoms with Crippen molar-refractivity contribution in [3.05, 3.63) is 40.6 Å². The molecule has 0 heterocycles. The van der Waals surface area contributed by atoms with Gasteiger partial charge in [0.2, 0.25) is 0 Å². The van der Waals surface area contributed by atoms with Crippen molar-refractivity contribution < 1.29 is 22.6 Å². The summed E-state index contributed by atoms with van der Waals surface area (Å²) >= 11 is 0. The lowest BCUT2D eigenvalue weighted by atomic mass is 9.81. The average Bonchev–Trinajstić information content (AvgIpc) is 2.87. The lowest BCUT2D eigenvalue weighted by Crippen LogP contribution is -2.10. The highest BCUT2D eigenvalue weighted by Crippen LogP contribution is 2.50. The first-order valence-electron chi connectivity index (χ1n) is 7.99. The molecule has 0 radical (unpaired) electrons. The molecule has 0 N–H and O–H groups in total. The zero-order valence-electron chi connectivity index (χ0n) is 13.4. The van der Waals surface area contributed by atoms with Crippen LogP contribution in [0, 0.1) is 5.92 Å². The van der Waals surface area contributed by atoms with Gasteiger partial charge in [0, 0.05) is 12.7 Å². The Morgan fingerprint density at radius 3 is 2.30 bits per heavy atom. The highest BCUT2D eigenvalue weighted by atomic mass is 19.4. The largest absolute Gasteiger partial charge is 0.498 e. The van der Waals surface area contributed by atoms with E-state index in [-0.39, 0.29) is 0 Å². The molecular formula is C18H21F3O2. The van der Waals surface area contributed by atoms with Crippen LogP contribution in [-0.2, 0) is 15.7 Å². The van der Waals surface area contributed by atoms with E-state index in [9.17, 15) is 13.2 Å². The number of halogens is 3. The van der Waals surface area contributed by atoms with E-state index in [2.05, 4.69) is 0 Å². The van der Waals surface area contributed by atoms with Gasteiger partial charge in [-0.2, -0.15) is 13.2 Å². The van der Waals surface area contributed by atoms with Crippen LogP contribution in [0.3, 0.4) is 0 Å². The summed E-state index contributed by atoms with van der Waals surface area (Å²) in [5.74, 6) is 1.02. The second kappa shape index (κ2) is 6.19. The van der Waals surface area contributed by atoms with E-state index in [1.807, 2.05) is 0 Å². The Balaban J connectivity index is 2.08. The summed E-state index contributed by atoms with van der Waals surface area (Å²) in [5.41, 5.74) is 1.83. The van der Waals surface area contributed by atoms with Gasteiger partial charge in [0.05, 0.1) is 12.7 Å². The molecule has 1 saturated carbocycles. The number of allylic oxidation sites excluding steroid dienone is 1. The third-order valence-electron chi connectivity index (χ3n) is 4.92. The first-order chi connectivity index (χ1) is 11.0. The zero-order valence-corrected chi connectivity index (χ0v) is 13.4. The van der Waals surface area contributed by atoms with Crippen LogP contribution in [0.4, 0.5) is 13.2 Å². The lowest BCUT2D eigenvalue weighted by molar-refractivity contribution is -0.137. The zero-order chi connectivity index (χ0) is 16.6. The van der Waals surface area contributed by atoms with Gasteiger partial charge in [-0.25, -0.2) is 0 Å². The maximum absolute atomic E-state index is 13.0. The van der Waals surface area contributed by atoms with Crippen LogP contribution < -0.4 is 0 Å². The van der Waals surface area contributed by atoms with Gasteiger partial charge in [-0.15, -0.1) is 0 Å². The van der Waals surface area contributed by atoms with Crippen molar-refractivity contribution in [2.75, 3.05) is 14.2 Å². The SMILES string of the molecule is COC1=C(C2CCCCC2)c2ccc(C(F)(F)F)cc2C1OC. The maximum Gasteiger partial charge on any atom is 0.416 e. The standard InChI is InChI=1S/C18H21F3O2/c1-22-16-14-10-12(18(19,20)21)8-9-13(14)15(17(16)23-2)11-6-4-3-5-7-11/h8-11,16H,3-7H2,1-2H3. The molecule has 0 bridgehead atoms. The maximum atomic E-state index is 13.0. The Morgan fingerprint density at radius 1 is 1.04 bits per heavy atom. The number of alkyl halides is 3. The summed E-state index contributed by atoms with van der Waals surface area (Å²) in [7, 11) is 3.08. The Hall–Kier alpha value is -1.49. The minimum atomic E-state index is -4.35. The number of ether oxygens (including phenoxy) is 2. The smallest absolute Gasteiger partial charge is 0.416 e. The molecule has 2 nitrogen and oxygen atoms in total. The number of methoxy groups -OCH3 is 2. The van der Waals surface area contributed by atoms with E-state index in [0.717, 1.165) is 42.9 Å². The van der Waals surface area contributed by atoms with Crippen LogP contribution in [0.15, 0.2) is 24.0 Å². The molecular weight excluding hydrogens is 305 g/mol. The van der Waals surface area contributed by atoms with E-state index in [1.165, 1.54) is 19.6 Å². The predicted octanol–water partition coefficient (Wildman–Crippen LogP) is 5.34. The third-order valence-corrected chi connectivity index (χ3v) is 4.92. The first-order valence-corrected chi connectivity index (χ1v) is 7.99. The van der Waals surface area contributed by atoms with Crippen LogP contribution in [0.5, 0.6) is 0 Å². The van der Waals surface area contributed by atoms with Gasteiger partial charge in [-0.1, -0.05) is 25.3 Å². The molecule has 126 valence electrons. The molecule has 0 aliphatic heterocycles. The summed E-state index contributed by atoms with van der Waals surface area (Å²) in [4.78, 5) is 0. The molecule has 0 saturated heterocycles. The van der Waals surface area contributed by atoms with Gasteiger partial charge in [0.25, 0.3) is 0 Å². The summed E-state index contributed by atoms with van der Waals surface area (Å²) < 4.78 is 50.1. The van der Waals surface area contributed by atoms with E-state index in [0.29, 0.717) is 17.2 Å². The number of hydrogen-bond acceptors (Lipinski definition) is 2. The van der Waals surface area contributed by atoms with Crippen molar-refractivity contribution in [1.29, 1.82) is 0 Å². The molecule has 0 aromatic heterocycles. The highest BCUT2D eigenvalue weighted by Gasteiger charge is 2.39. The fourth-order valence-electron chi connectivity index (χ4n) is 3.88. The van der Waals surface area contributed by atoms with Gasteiger partial charge in [0.1, 0.15) is 11.9 Å². The summed E-state index contributed by atoms with van der Waals surface area (Å²) in [6.07, 6.45) is 0.734. The minimum absolute atomic E-state index is 0.342. The molecule has 2 aliphatic rings. The summed E-state index contributed by atoms with van der Waals surface area (Å²) in [6.45, 7) is 0. The molecule has 1 atom stereocenters. The molecule has 5 heteroatoms. The van der Waals surface area contributed by atoms with Gasteiger partial charge in [-0.05, 0) is 42.0 Å². The van der Waals surface area contributed by atoms with Crippen molar-refractivity contribution in [2.24, 2.45) is 5.92 Å². The number of hydrogen-bond donors (Lipinski definition) is 0. The predicted molar refractivity (Wildman–Crippen MR) is 81.7 cm³/mol. The molecule has 2 aliphatic carbocycles.